The molecule has 1 aromatic carbocycles. The largest absolute Gasteiger partial charge is 0.434 e. The number of hydrogen-bond donors (Lipinski definition) is 1. The molecule has 0 radical (unpaired) electrons. The number of benzene rings is 1. The van der Waals surface area contributed by atoms with Crippen molar-refractivity contribution in [2.45, 2.75) is 32.8 Å². The van der Waals surface area contributed by atoms with E-state index in [4.69, 9.17) is 0 Å². The van der Waals surface area contributed by atoms with Crippen LogP contribution in [-0.4, -0.2) is 19.7 Å². The van der Waals surface area contributed by atoms with Gasteiger partial charge in [0.2, 0.25) is 0 Å². The molecule has 0 aromatic heterocycles. The summed E-state index contributed by atoms with van der Waals surface area (Å²) < 4.78 is 29.5. The molecule has 1 aliphatic rings. The van der Waals surface area contributed by atoms with Gasteiger partial charge in [0.25, 0.3) is 0 Å². The van der Waals surface area contributed by atoms with E-state index < -0.39 is 6.61 Å². The molecule has 0 aliphatic carbocycles. The second-order valence-corrected chi connectivity index (χ2v) is 4.84. The van der Waals surface area contributed by atoms with Crippen LogP contribution in [0.5, 0.6) is 5.75 Å². The molecule has 0 unspecified atom stereocenters. The monoisotopic (exact) mass is 255 g/mol. The lowest BCUT2D eigenvalue weighted by Crippen LogP contribution is -2.28. The summed E-state index contributed by atoms with van der Waals surface area (Å²) in [4.78, 5) is 0. The summed E-state index contributed by atoms with van der Waals surface area (Å²) in [5.74, 6) is 0.930. The number of rotatable bonds is 4. The number of ether oxygens (including phenoxy) is 1. The molecule has 0 atom stereocenters. The highest BCUT2D eigenvalue weighted by atomic mass is 19.3. The smallest absolute Gasteiger partial charge is 0.387 e. The SMILES string of the molecule is Cc1cccc(CC2CCNCC2)c1OC(F)F. The molecule has 18 heavy (non-hydrogen) atoms. The van der Waals surface area contributed by atoms with E-state index in [1.165, 1.54) is 0 Å². The van der Waals surface area contributed by atoms with Crippen LogP contribution in [0.2, 0.25) is 0 Å². The molecule has 100 valence electrons. The first kappa shape index (κ1) is 13.3. The number of hydrogen-bond acceptors (Lipinski definition) is 2. The van der Waals surface area contributed by atoms with Crippen LogP contribution in [0.25, 0.3) is 0 Å². The first-order valence-electron chi connectivity index (χ1n) is 6.41. The molecule has 0 amide bonds. The van der Waals surface area contributed by atoms with E-state index in [1.54, 1.807) is 0 Å². The number of piperidine rings is 1. The van der Waals surface area contributed by atoms with Crippen molar-refractivity contribution in [3.8, 4) is 5.75 Å². The van der Waals surface area contributed by atoms with Crippen molar-refractivity contribution in [1.82, 2.24) is 5.32 Å². The Kier molecular flexibility index (Phi) is 4.53. The molecule has 1 heterocycles. The number of alkyl halides is 2. The van der Waals surface area contributed by atoms with Crippen LogP contribution in [0.1, 0.15) is 24.0 Å². The van der Waals surface area contributed by atoms with Gasteiger partial charge in [0, 0.05) is 0 Å². The fourth-order valence-corrected chi connectivity index (χ4v) is 2.53. The average Bonchev–Trinajstić information content (AvgIpc) is 2.34. The zero-order valence-electron chi connectivity index (χ0n) is 10.6. The van der Waals surface area contributed by atoms with Gasteiger partial charge >= 0.3 is 6.61 Å². The molecule has 1 aromatic rings. The summed E-state index contributed by atoms with van der Waals surface area (Å²) in [7, 11) is 0. The Balaban J connectivity index is 2.12. The zero-order valence-corrected chi connectivity index (χ0v) is 10.6. The van der Waals surface area contributed by atoms with Crippen molar-refractivity contribution in [2.75, 3.05) is 13.1 Å². The van der Waals surface area contributed by atoms with Crippen LogP contribution in [0.3, 0.4) is 0 Å². The van der Waals surface area contributed by atoms with E-state index in [0.717, 1.165) is 43.5 Å². The molecule has 1 N–H and O–H groups in total. The number of para-hydroxylation sites is 1. The Labute approximate surface area is 106 Å². The summed E-state index contributed by atoms with van der Waals surface area (Å²) in [6, 6.07) is 5.61. The Hall–Kier alpha value is -1.16. The molecule has 1 aliphatic heterocycles. The fraction of sp³-hybridized carbons (Fsp3) is 0.571. The molecule has 0 spiro atoms. The fourth-order valence-electron chi connectivity index (χ4n) is 2.53. The van der Waals surface area contributed by atoms with Gasteiger partial charge in [-0.25, -0.2) is 0 Å². The summed E-state index contributed by atoms with van der Waals surface area (Å²) in [6.45, 7) is 1.09. The molecule has 0 bridgehead atoms. The van der Waals surface area contributed by atoms with Gasteiger partial charge in [-0.2, -0.15) is 8.78 Å². The molecule has 2 rings (SSSR count). The first-order valence-corrected chi connectivity index (χ1v) is 6.41. The van der Waals surface area contributed by atoms with Crippen molar-refractivity contribution in [2.24, 2.45) is 5.92 Å². The van der Waals surface area contributed by atoms with Crippen molar-refractivity contribution in [3.05, 3.63) is 29.3 Å². The minimum atomic E-state index is -2.75. The predicted molar refractivity (Wildman–Crippen MR) is 67.1 cm³/mol. The van der Waals surface area contributed by atoms with E-state index in [0.29, 0.717) is 11.7 Å². The van der Waals surface area contributed by atoms with Crippen molar-refractivity contribution in [3.63, 3.8) is 0 Å². The van der Waals surface area contributed by atoms with E-state index in [9.17, 15) is 8.78 Å². The summed E-state index contributed by atoms with van der Waals surface area (Å²) in [5.41, 5.74) is 1.68. The number of aryl methyl sites for hydroxylation is 1. The van der Waals surface area contributed by atoms with Gasteiger partial charge in [-0.3, -0.25) is 0 Å². The lowest BCUT2D eigenvalue weighted by molar-refractivity contribution is -0.0510. The maximum Gasteiger partial charge on any atom is 0.387 e. The molecule has 1 fully saturated rings. The quantitative estimate of drug-likeness (QED) is 0.892. The van der Waals surface area contributed by atoms with Gasteiger partial charge in [0.15, 0.2) is 0 Å². The van der Waals surface area contributed by atoms with E-state index in [-0.39, 0.29) is 0 Å². The van der Waals surface area contributed by atoms with Crippen molar-refractivity contribution >= 4 is 0 Å². The predicted octanol–water partition coefficient (Wildman–Crippen LogP) is 3.14. The van der Waals surface area contributed by atoms with Crippen LogP contribution < -0.4 is 10.1 Å². The summed E-state index contributed by atoms with van der Waals surface area (Å²) in [6.07, 6.45) is 3.02. The van der Waals surface area contributed by atoms with Crippen LogP contribution in [0.15, 0.2) is 18.2 Å². The van der Waals surface area contributed by atoms with Crippen LogP contribution >= 0.6 is 0 Å². The Bertz CT molecular complexity index is 389. The lowest BCUT2D eigenvalue weighted by Gasteiger charge is -2.24. The first-order chi connectivity index (χ1) is 8.66. The minimum Gasteiger partial charge on any atom is -0.434 e. The van der Waals surface area contributed by atoms with Crippen LogP contribution in [-0.2, 0) is 6.42 Å². The lowest BCUT2D eigenvalue weighted by atomic mass is 9.90. The highest BCUT2D eigenvalue weighted by Crippen LogP contribution is 2.29. The van der Waals surface area contributed by atoms with Gasteiger partial charge < -0.3 is 10.1 Å². The van der Waals surface area contributed by atoms with E-state index >= 15 is 0 Å². The van der Waals surface area contributed by atoms with E-state index in [2.05, 4.69) is 10.1 Å². The second-order valence-electron chi connectivity index (χ2n) is 4.84. The van der Waals surface area contributed by atoms with Crippen molar-refractivity contribution in [1.29, 1.82) is 0 Å². The third-order valence-corrected chi connectivity index (χ3v) is 3.47. The Morgan fingerprint density at radius 2 is 2.06 bits per heavy atom. The van der Waals surface area contributed by atoms with Crippen LogP contribution in [0, 0.1) is 12.8 Å². The number of halogens is 2. The average molecular weight is 255 g/mol. The van der Waals surface area contributed by atoms with Gasteiger partial charge in [-0.15, -0.1) is 0 Å². The third kappa shape index (κ3) is 3.42. The highest BCUT2D eigenvalue weighted by Gasteiger charge is 2.18. The molecule has 4 heteroatoms. The summed E-state index contributed by atoms with van der Waals surface area (Å²) in [5, 5.41) is 3.31. The minimum absolute atomic E-state index is 0.367. The molecule has 0 saturated carbocycles. The van der Waals surface area contributed by atoms with E-state index in [1.807, 2.05) is 25.1 Å². The van der Waals surface area contributed by atoms with Gasteiger partial charge in [0.05, 0.1) is 0 Å². The summed E-state index contributed by atoms with van der Waals surface area (Å²) >= 11 is 0. The molecule has 1 saturated heterocycles. The van der Waals surface area contributed by atoms with Gasteiger partial charge in [-0.1, -0.05) is 18.2 Å². The van der Waals surface area contributed by atoms with Gasteiger partial charge in [0.1, 0.15) is 5.75 Å². The molecular weight excluding hydrogens is 236 g/mol. The number of nitrogens with one attached hydrogen (secondary N) is 1. The van der Waals surface area contributed by atoms with Gasteiger partial charge in [-0.05, 0) is 56.3 Å². The van der Waals surface area contributed by atoms with Crippen LogP contribution in [0.4, 0.5) is 8.78 Å². The maximum atomic E-state index is 12.4. The normalized spacial score (nSPS) is 17.1. The Morgan fingerprint density at radius 3 is 2.72 bits per heavy atom. The standard InChI is InChI=1S/C14H19F2NO/c1-10-3-2-4-12(13(10)18-14(15)16)9-11-5-7-17-8-6-11/h2-4,11,14,17H,5-9H2,1H3. The molecular formula is C14H19F2NO. The van der Waals surface area contributed by atoms with Crippen molar-refractivity contribution < 1.29 is 13.5 Å². The second kappa shape index (κ2) is 6.14. The Morgan fingerprint density at radius 1 is 1.33 bits per heavy atom. The highest BCUT2D eigenvalue weighted by molar-refractivity contribution is 5.41. The molecule has 2 nitrogen and oxygen atoms in total. The zero-order chi connectivity index (χ0) is 13.0. The maximum absolute atomic E-state index is 12.4. The third-order valence-electron chi connectivity index (χ3n) is 3.47. The topological polar surface area (TPSA) is 21.3 Å².